The van der Waals surface area contributed by atoms with E-state index in [1.807, 2.05) is 6.92 Å². The maximum absolute atomic E-state index is 13.5. The second-order valence-corrected chi connectivity index (χ2v) is 8.49. The van der Waals surface area contributed by atoms with Crippen LogP contribution in [-0.2, 0) is 19.3 Å². The molecule has 0 unspecified atom stereocenters. The van der Waals surface area contributed by atoms with Crippen LogP contribution in [0, 0.1) is 6.92 Å². The highest BCUT2D eigenvalue weighted by Crippen LogP contribution is 2.35. The van der Waals surface area contributed by atoms with Gasteiger partial charge >= 0.3 is 6.18 Å². The molecule has 0 amide bonds. The Bertz CT molecular complexity index is 825. The lowest BCUT2D eigenvalue weighted by atomic mass is 10.1. The molecule has 0 atom stereocenters. The van der Waals surface area contributed by atoms with E-state index in [9.17, 15) is 13.2 Å². The molecule has 5 nitrogen and oxygen atoms in total. The van der Waals surface area contributed by atoms with Gasteiger partial charge < -0.3 is 15.4 Å². The van der Waals surface area contributed by atoms with Gasteiger partial charge in [-0.1, -0.05) is 6.07 Å². The first-order chi connectivity index (χ1) is 13.0. The zero-order valence-electron chi connectivity index (χ0n) is 16.6. The average Bonchev–Trinajstić information content (AvgIpc) is 2.99. The molecule has 28 heavy (non-hydrogen) atoms. The van der Waals surface area contributed by atoms with Crippen molar-refractivity contribution < 1.29 is 17.9 Å². The van der Waals surface area contributed by atoms with E-state index in [0.717, 1.165) is 16.0 Å². The Morgan fingerprint density at radius 2 is 1.86 bits per heavy atom. The number of aryl methyl sites for hydroxylation is 1. The minimum atomic E-state index is -4.48. The molecular weight excluding hydrogens is 389 g/mol. The number of nitrogens with zero attached hydrogens (tertiary/aromatic N) is 2. The molecule has 9 heteroatoms. The molecule has 0 spiro atoms. The molecule has 0 bridgehead atoms. The number of ether oxygens (including phenoxy) is 1. The Morgan fingerprint density at radius 1 is 1.18 bits per heavy atom. The van der Waals surface area contributed by atoms with Crippen molar-refractivity contribution in [1.82, 2.24) is 15.6 Å². The van der Waals surface area contributed by atoms with E-state index >= 15 is 0 Å². The maximum Gasteiger partial charge on any atom is 0.416 e. The van der Waals surface area contributed by atoms with E-state index < -0.39 is 17.3 Å². The molecule has 0 aliphatic heterocycles. The minimum absolute atomic E-state index is 0.0266. The van der Waals surface area contributed by atoms with Crippen molar-refractivity contribution in [2.75, 3.05) is 7.05 Å². The Kier molecular flexibility index (Phi) is 6.92. The van der Waals surface area contributed by atoms with E-state index in [4.69, 9.17) is 4.74 Å². The molecule has 1 heterocycles. The van der Waals surface area contributed by atoms with Gasteiger partial charge in [-0.2, -0.15) is 13.2 Å². The Morgan fingerprint density at radius 3 is 2.39 bits per heavy atom. The molecule has 0 fully saturated rings. The minimum Gasteiger partial charge on any atom is -0.488 e. The van der Waals surface area contributed by atoms with Gasteiger partial charge in [-0.05, 0) is 45.4 Å². The summed E-state index contributed by atoms with van der Waals surface area (Å²) >= 11 is 1.55. The number of aromatic nitrogens is 1. The second kappa shape index (κ2) is 8.81. The highest BCUT2D eigenvalue weighted by Gasteiger charge is 2.34. The Labute approximate surface area is 167 Å². The summed E-state index contributed by atoms with van der Waals surface area (Å²) in [5.41, 5.74) is -1.20. The van der Waals surface area contributed by atoms with Crippen molar-refractivity contribution in [2.24, 2.45) is 4.99 Å². The third-order valence-corrected chi connectivity index (χ3v) is 4.47. The van der Waals surface area contributed by atoms with Crippen LogP contribution >= 0.6 is 11.3 Å². The largest absolute Gasteiger partial charge is 0.488 e. The van der Waals surface area contributed by atoms with Crippen LogP contribution in [0.2, 0.25) is 0 Å². The van der Waals surface area contributed by atoms with Gasteiger partial charge in [0, 0.05) is 24.7 Å². The van der Waals surface area contributed by atoms with E-state index in [1.165, 1.54) is 6.07 Å². The summed E-state index contributed by atoms with van der Waals surface area (Å²) in [4.78, 5) is 9.37. The topological polar surface area (TPSA) is 58.5 Å². The molecule has 2 aromatic rings. The Balaban J connectivity index is 2.08. The summed E-state index contributed by atoms with van der Waals surface area (Å²) in [6, 6.07) is 4.01. The van der Waals surface area contributed by atoms with E-state index in [-0.39, 0.29) is 17.9 Å². The number of thiazole rings is 1. The third-order valence-electron chi connectivity index (χ3n) is 3.56. The number of benzene rings is 1. The lowest BCUT2D eigenvalue weighted by molar-refractivity contribution is -0.138. The van der Waals surface area contributed by atoms with Crippen molar-refractivity contribution >= 4 is 17.3 Å². The van der Waals surface area contributed by atoms with Crippen molar-refractivity contribution in [3.05, 3.63) is 45.4 Å². The number of guanidine groups is 1. The number of aliphatic imine (C=N–C) groups is 1. The molecule has 0 aliphatic rings. The van der Waals surface area contributed by atoms with Gasteiger partial charge in [-0.3, -0.25) is 4.99 Å². The first-order valence-electron chi connectivity index (χ1n) is 8.73. The molecule has 2 rings (SSSR count). The van der Waals surface area contributed by atoms with Crippen LogP contribution in [0.1, 0.15) is 41.8 Å². The zero-order chi connectivity index (χ0) is 20.9. The van der Waals surface area contributed by atoms with Gasteiger partial charge in [0.1, 0.15) is 16.4 Å². The second-order valence-electron chi connectivity index (χ2n) is 7.18. The molecule has 0 saturated heterocycles. The van der Waals surface area contributed by atoms with Crippen LogP contribution in [-0.4, -0.2) is 23.6 Å². The fourth-order valence-corrected chi connectivity index (χ4v) is 3.16. The fourth-order valence-electron chi connectivity index (χ4n) is 2.43. The van der Waals surface area contributed by atoms with Gasteiger partial charge in [0.15, 0.2) is 5.96 Å². The number of hydrogen-bond donors (Lipinski definition) is 2. The molecular formula is C19H25F3N4OS. The van der Waals surface area contributed by atoms with Crippen molar-refractivity contribution in [3.8, 4) is 5.75 Å². The SMILES string of the molecule is CN=C(NCc1ncc(C)s1)NCc1ccc(OC(C)(C)C)cc1C(F)(F)F. The average molecular weight is 414 g/mol. The molecule has 154 valence electrons. The summed E-state index contributed by atoms with van der Waals surface area (Å²) in [5.74, 6) is 0.584. The maximum atomic E-state index is 13.5. The van der Waals surface area contributed by atoms with Crippen molar-refractivity contribution in [1.29, 1.82) is 0 Å². The summed E-state index contributed by atoms with van der Waals surface area (Å²) in [6.45, 7) is 7.74. The van der Waals surface area contributed by atoms with Gasteiger partial charge in [-0.15, -0.1) is 11.3 Å². The van der Waals surface area contributed by atoms with Crippen LogP contribution in [0.15, 0.2) is 29.4 Å². The summed E-state index contributed by atoms with van der Waals surface area (Å²) in [5, 5.41) is 6.84. The van der Waals surface area contributed by atoms with Crippen LogP contribution in [0.25, 0.3) is 0 Å². The summed E-state index contributed by atoms with van der Waals surface area (Å²) < 4.78 is 46.1. The van der Waals surface area contributed by atoms with Crippen LogP contribution < -0.4 is 15.4 Å². The third kappa shape index (κ3) is 6.70. The highest BCUT2D eigenvalue weighted by atomic mass is 32.1. The number of nitrogens with one attached hydrogen (secondary N) is 2. The monoisotopic (exact) mass is 414 g/mol. The first-order valence-corrected chi connectivity index (χ1v) is 9.54. The van der Waals surface area contributed by atoms with Crippen LogP contribution in [0.4, 0.5) is 13.2 Å². The quantitative estimate of drug-likeness (QED) is 0.558. The van der Waals surface area contributed by atoms with E-state index in [0.29, 0.717) is 12.5 Å². The zero-order valence-corrected chi connectivity index (χ0v) is 17.4. The standard InChI is InChI=1S/C19H25F3N4OS/c1-12-9-24-16(28-12)11-26-17(23-5)25-10-13-6-7-14(27-18(2,3)4)8-15(13)19(20,21)22/h6-9H,10-11H2,1-5H3,(H2,23,25,26). The van der Waals surface area contributed by atoms with Crippen molar-refractivity contribution in [2.45, 2.75) is 52.6 Å². The predicted octanol–water partition coefficient (Wildman–Crippen LogP) is 4.51. The molecule has 0 saturated carbocycles. The molecule has 1 aromatic heterocycles. The molecule has 1 aromatic carbocycles. The van der Waals surface area contributed by atoms with Gasteiger partial charge in [0.05, 0.1) is 12.1 Å². The normalized spacial score (nSPS) is 12.8. The van der Waals surface area contributed by atoms with E-state index in [2.05, 4.69) is 20.6 Å². The summed E-state index contributed by atoms with van der Waals surface area (Å²) in [6.07, 6.45) is -2.71. The van der Waals surface area contributed by atoms with Gasteiger partial charge in [0.2, 0.25) is 0 Å². The predicted molar refractivity (Wildman–Crippen MR) is 106 cm³/mol. The molecule has 0 radical (unpaired) electrons. The lowest BCUT2D eigenvalue weighted by Crippen LogP contribution is -2.36. The number of hydrogen-bond acceptors (Lipinski definition) is 4. The molecule has 0 aliphatic carbocycles. The lowest BCUT2D eigenvalue weighted by Gasteiger charge is -2.23. The number of alkyl halides is 3. The molecule has 2 N–H and O–H groups in total. The van der Waals surface area contributed by atoms with E-state index in [1.54, 1.807) is 51.4 Å². The van der Waals surface area contributed by atoms with Crippen LogP contribution in [0.5, 0.6) is 5.75 Å². The van der Waals surface area contributed by atoms with Crippen molar-refractivity contribution in [3.63, 3.8) is 0 Å². The fraction of sp³-hybridized carbons (Fsp3) is 0.474. The number of rotatable bonds is 5. The highest BCUT2D eigenvalue weighted by molar-refractivity contribution is 7.11. The summed E-state index contributed by atoms with van der Waals surface area (Å²) in [7, 11) is 1.56. The Hall–Kier alpha value is -2.29. The smallest absolute Gasteiger partial charge is 0.416 e. The first kappa shape index (κ1) is 22.0. The van der Waals surface area contributed by atoms with Gasteiger partial charge in [0.25, 0.3) is 0 Å². The van der Waals surface area contributed by atoms with Crippen LogP contribution in [0.3, 0.4) is 0 Å². The number of halogens is 3. The van der Waals surface area contributed by atoms with Gasteiger partial charge in [-0.25, -0.2) is 4.98 Å².